The van der Waals surface area contributed by atoms with E-state index in [2.05, 4.69) is 0 Å². The highest BCUT2D eigenvalue weighted by molar-refractivity contribution is 7.85. The molecular formula is C10H12O5S. The third-order valence-corrected chi connectivity index (χ3v) is 3.05. The van der Waals surface area contributed by atoms with Crippen molar-refractivity contribution < 1.29 is 22.4 Å². The number of benzene rings is 1. The lowest BCUT2D eigenvalue weighted by Gasteiger charge is -2.09. The van der Waals surface area contributed by atoms with Crippen LogP contribution in [0.25, 0.3) is 0 Å². The summed E-state index contributed by atoms with van der Waals surface area (Å²) in [5, 5.41) is 0. The molecule has 0 aliphatic carbocycles. The summed E-state index contributed by atoms with van der Waals surface area (Å²) in [6, 6.07) is 5.27. The van der Waals surface area contributed by atoms with E-state index >= 15 is 0 Å². The molecule has 0 fully saturated rings. The molecule has 0 aromatic heterocycles. The summed E-state index contributed by atoms with van der Waals surface area (Å²) in [6.07, 6.45) is 0. The maximum atomic E-state index is 10.9. The van der Waals surface area contributed by atoms with Crippen LogP contribution in [-0.4, -0.2) is 19.8 Å². The summed E-state index contributed by atoms with van der Waals surface area (Å²) < 4.78 is 40.9. The van der Waals surface area contributed by atoms with Crippen LogP contribution in [0, 0.1) is 0 Å². The molecule has 0 saturated heterocycles. The molecule has 1 heterocycles. The van der Waals surface area contributed by atoms with Gasteiger partial charge in [0.05, 0.1) is 13.2 Å². The number of rotatable bonds is 2. The predicted octanol–water partition coefficient (Wildman–Crippen LogP) is 1.08. The third-order valence-electron chi connectivity index (χ3n) is 2.38. The lowest BCUT2D eigenvalue weighted by Crippen LogP contribution is -2.06. The van der Waals surface area contributed by atoms with Gasteiger partial charge in [-0.05, 0) is 16.7 Å². The monoisotopic (exact) mass is 244 g/mol. The Morgan fingerprint density at radius 3 is 2.75 bits per heavy atom. The van der Waals surface area contributed by atoms with Gasteiger partial charge in [-0.25, -0.2) is 0 Å². The van der Waals surface area contributed by atoms with E-state index < -0.39 is 10.1 Å². The third kappa shape index (κ3) is 2.79. The molecule has 0 bridgehead atoms. The summed E-state index contributed by atoms with van der Waals surface area (Å²) in [4.78, 5) is 0. The van der Waals surface area contributed by atoms with Crippen molar-refractivity contribution >= 4 is 10.1 Å². The topological polar surface area (TPSA) is 72.8 Å². The van der Waals surface area contributed by atoms with Crippen LogP contribution in [0.2, 0.25) is 0 Å². The van der Waals surface area contributed by atoms with Crippen molar-refractivity contribution in [3.8, 4) is 0 Å². The van der Waals surface area contributed by atoms with Crippen LogP contribution in [0.1, 0.15) is 16.7 Å². The highest BCUT2D eigenvalue weighted by atomic mass is 32.2. The van der Waals surface area contributed by atoms with Crippen LogP contribution in [-0.2, 0) is 38.6 Å². The van der Waals surface area contributed by atoms with Crippen LogP contribution in [0.3, 0.4) is 0 Å². The van der Waals surface area contributed by atoms with Gasteiger partial charge in [-0.15, -0.1) is 0 Å². The number of fused-ring (bicyclic) bond motifs is 1. The second-order valence-corrected chi connectivity index (χ2v) is 5.05. The number of hydrogen-bond donors (Lipinski definition) is 1. The first-order valence-electron chi connectivity index (χ1n) is 4.76. The summed E-state index contributed by atoms with van der Waals surface area (Å²) in [5.41, 5.74) is 2.25. The van der Waals surface area contributed by atoms with Crippen molar-refractivity contribution in [1.82, 2.24) is 0 Å². The van der Waals surface area contributed by atoms with Crippen LogP contribution >= 0.6 is 0 Å². The molecule has 16 heavy (non-hydrogen) atoms. The largest absolute Gasteiger partial charge is 0.351 e. The van der Waals surface area contributed by atoms with Gasteiger partial charge in [0.2, 0.25) is 0 Å². The zero-order valence-corrected chi connectivity index (χ0v) is 9.37. The van der Waals surface area contributed by atoms with E-state index in [4.69, 9.17) is 14.0 Å². The zero-order chi connectivity index (χ0) is 11.6. The minimum Gasteiger partial charge on any atom is -0.351 e. The van der Waals surface area contributed by atoms with E-state index in [-0.39, 0.29) is 12.5 Å². The van der Waals surface area contributed by atoms with Crippen LogP contribution < -0.4 is 0 Å². The van der Waals surface area contributed by atoms with Gasteiger partial charge in [0.25, 0.3) is 10.1 Å². The molecule has 1 aromatic rings. The first-order valence-corrected chi connectivity index (χ1v) is 6.37. The van der Waals surface area contributed by atoms with Crippen molar-refractivity contribution in [2.24, 2.45) is 0 Å². The Labute approximate surface area is 93.7 Å². The Balaban J connectivity index is 2.39. The highest BCUT2D eigenvalue weighted by Crippen LogP contribution is 2.21. The maximum Gasteiger partial charge on any atom is 0.269 e. The molecule has 1 aliphatic rings. The molecule has 2 rings (SSSR count). The van der Waals surface area contributed by atoms with Gasteiger partial charge in [-0.1, -0.05) is 18.2 Å². The Morgan fingerprint density at radius 1 is 1.25 bits per heavy atom. The minimum absolute atomic E-state index is 0.194. The summed E-state index contributed by atoms with van der Waals surface area (Å²) in [5.74, 6) is -0.389. The fraction of sp³-hybridized carbons (Fsp3) is 0.400. The summed E-state index contributed by atoms with van der Waals surface area (Å²) >= 11 is 0. The lowest BCUT2D eigenvalue weighted by molar-refractivity contribution is -0.0587. The van der Waals surface area contributed by atoms with Gasteiger partial charge in [-0.2, -0.15) is 8.42 Å². The normalized spacial score (nSPS) is 16.6. The van der Waals surface area contributed by atoms with Gasteiger partial charge < -0.3 is 9.47 Å². The van der Waals surface area contributed by atoms with Gasteiger partial charge in [0.15, 0.2) is 0 Å². The quantitative estimate of drug-likeness (QED) is 0.788. The molecule has 1 aliphatic heterocycles. The van der Waals surface area contributed by atoms with Crippen LogP contribution in [0.15, 0.2) is 18.2 Å². The number of ether oxygens (including phenoxy) is 2. The first-order chi connectivity index (χ1) is 7.56. The van der Waals surface area contributed by atoms with Crippen molar-refractivity contribution in [3.05, 3.63) is 34.9 Å². The first kappa shape index (κ1) is 11.5. The second kappa shape index (κ2) is 4.50. The van der Waals surface area contributed by atoms with Crippen LogP contribution in [0.5, 0.6) is 0 Å². The van der Waals surface area contributed by atoms with Crippen molar-refractivity contribution in [2.75, 3.05) is 6.79 Å². The molecule has 0 atom stereocenters. The van der Waals surface area contributed by atoms with E-state index in [0.717, 1.165) is 11.1 Å². The van der Waals surface area contributed by atoms with E-state index in [1.165, 1.54) is 0 Å². The Morgan fingerprint density at radius 2 is 2.00 bits per heavy atom. The standard InChI is InChI=1S/C10H12O5S/c11-16(12,13)6-9-3-1-2-8-4-14-7-15-5-10(8)9/h1-3H,4-7H2,(H,11,12,13). The van der Waals surface area contributed by atoms with Gasteiger partial charge in [0.1, 0.15) is 12.5 Å². The lowest BCUT2D eigenvalue weighted by atomic mass is 10.0. The number of hydrogen-bond acceptors (Lipinski definition) is 4. The van der Waals surface area contributed by atoms with Crippen molar-refractivity contribution in [1.29, 1.82) is 0 Å². The Bertz CT molecular complexity index is 480. The molecule has 1 N–H and O–H groups in total. The van der Waals surface area contributed by atoms with Gasteiger partial charge >= 0.3 is 0 Å². The molecule has 5 nitrogen and oxygen atoms in total. The zero-order valence-electron chi connectivity index (χ0n) is 8.55. The molecule has 0 unspecified atom stereocenters. The van der Waals surface area contributed by atoms with Crippen molar-refractivity contribution in [2.45, 2.75) is 19.0 Å². The second-order valence-electron chi connectivity index (χ2n) is 3.60. The Hall–Kier alpha value is -0.950. The molecule has 0 spiro atoms. The minimum atomic E-state index is -4.02. The fourth-order valence-corrected chi connectivity index (χ4v) is 2.36. The highest BCUT2D eigenvalue weighted by Gasteiger charge is 2.16. The van der Waals surface area contributed by atoms with Crippen molar-refractivity contribution in [3.63, 3.8) is 0 Å². The van der Waals surface area contributed by atoms with E-state index in [1.807, 2.05) is 6.07 Å². The summed E-state index contributed by atoms with van der Waals surface area (Å²) in [7, 11) is -4.02. The smallest absolute Gasteiger partial charge is 0.269 e. The summed E-state index contributed by atoms with van der Waals surface area (Å²) in [6.45, 7) is 0.898. The molecule has 6 heteroatoms. The molecule has 0 radical (unpaired) electrons. The van der Waals surface area contributed by atoms with Gasteiger partial charge in [-0.3, -0.25) is 4.55 Å². The van der Waals surface area contributed by atoms with E-state index in [1.54, 1.807) is 12.1 Å². The average Bonchev–Trinajstić information content (AvgIpc) is 2.41. The molecular weight excluding hydrogens is 232 g/mol. The fourth-order valence-electron chi connectivity index (χ4n) is 1.69. The average molecular weight is 244 g/mol. The Kier molecular flexibility index (Phi) is 3.25. The molecule has 1 aromatic carbocycles. The SMILES string of the molecule is O=S(=O)(O)Cc1cccc2c1COCOC2. The molecule has 0 saturated carbocycles. The maximum absolute atomic E-state index is 10.9. The van der Waals surface area contributed by atoms with Crippen LogP contribution in [0.4, 0.5) is 0 Å². The van der Waals surface area contributed by atoms with Gasteiger partial charge in [0, 0.05) is 0 Å². The molecule has 88 valence electrons. The van der Waals surface area contributed by atoms with E-state index in [0.29, 0.717) is 18.8 Å². The van der Waals surface area contributed by atoms with E-state index in [9.17, 15) is 8.42 Å². The predicted molar refractivity (Wildman–Crippen MR) is 56.1 cm³/mol. The molecule has 0 amide bonds.